The summed E-state index contributed by atoms with van der Waals surface area (Å²) in [6.07, 6.45) is -2.89. The molecular weight excluding hydrogens is 257 g/mol. The molecule has 0 fully saturated rings. The summed E-state index contributed by atoms with van der Waals surface area (Å²) in [5.41, 5.74) is 0.521. The predicted molar refractivity (Wildman–Crippen MR) is 63.4 cm³/mol. The number of nitrogens with zero attached hydrogens (tertiary/aromatic N) is 2. The fourth-order valence-corrected chi connectivity index (χ4v) is 1.80. The molecule has 0 N–H and O–H groups in total. The standard InChI is InChI=1S/C13H11F3N2O/c1-8-9(2)18(7-17-8)11-4-3-10(6-19)12(5-11)13(14,15)16/h3-7H,1-2H3. The summed E-state index contributed by atoms with van der Waals surface area (Å²) in [7, 11) is 0. The summed E-state index contributed by atoms with van der Waals surface area (Å²) < 4.78 is 40.1. The maximum Gasteiger partial charge on any atom is 0.417 e. The number of rotatable bonds is 2. The van der Waals surface area contributed by atoms with Crippen LogP contribution in [0, 0.1) is 13.8 Å². The lowest BCUT2D eigenvalue weighted by Gasteiger charge is -2.12. The number of aromatic nitrogens is 2. The Bertz CT molecular complexity index is 629. The van der Waals surface area contributed by atoms with Crippen LogP contribution >= 0.6 is 0 Å². The molecular formula is C13H11F3N2O. The predicted octanol–water partition coefficient (Wildman–Crippen LogP) is 3.32. The molecule has 1 aromatic carbocycles. The number of halogens is 3. The van der Waals surface area contributed by atoms with Crippen LogP contribution in [0.4, 0.5) is 13.2 Å². The van der Waals surface area contributed by atoms with E-state index in [0.717, 1.165) is 17.5 Å². The minimum absolute atomic E-state index is 0.207. The Balaban J connectivity index is 2.62. The van der Waals surface area contributed by atoms with Gasteiger partial charge in [-0.05, 0) is 32.0 Å². The summed E-state index contributed by atoms with van der Waals surface area (Å²) in [5, 5.41) is 0. The maximum absolute atomic E-state index is 12.9. The molecule has 6 heteroatoms. The molecule has 0 aliphatic heterocycles. The number of alkyl halides is 3. The molecule has 0 saturated carbocycles. The van der Waals surface area contributed by atoms with Gasteiger partial charge in [0.15, 0.2) is 6.29 Å². The summed E-state index contributed by atoms with van der Waals surface area (Å²) in [6, 6.07) is 3.59. The first kappa shape index (κ1) is 13.3. The molecule has 0 amide bonds. The van der Waals surface area contributed by atoms with Crippen molar-refractivity contribution in [3.63, 3.8) is 0 Å². The number of aldehydes is 1. The van der Waals surface area contributed by atoms with Gasteiger partial charge >= 0.3 is 6.18 Å². The van der Waals surface area contributed by atoms with Crippen LogP contribution in [0.2, 0.25) is 0 Å². The molecule has 0 spiro atoms. The van der Waals surface area contributed by atoms with E-state index in [-0.39, 0.29) is 11.8 Å². The molecule has 1 heterocycles. The lowest BCUT2D eigenvalue weighted by Crippen LogP contribution is -2.10. The van der Waals surface area contributed by atoms with Gasteiger partial charge < -0.3 is 4.57 Å². The average Bonchev–Trinajstić information content (AvgIpc) is 2.68. The molecule has 19 heavy (non-hydrogen) atoms. The molecule has 1 aromatic heterocycles. The van der Waals surface area contributed by atoms with Crippen molar-refractivity contribution in [3.8, 4) is 5.69 Å². The highest BCUT2D eigenvalue weighted by atomic mass is 19.4. The second-order valence-electron chi connectivity index (χ2n) is 4.17. The molecule has 0 radical (unpaired) electrons. The van der Waals surface area contributed by atoms with Crippen LogP contribution in [-0.4, -0.2) is 15.8 Å². The van der Waals surface area contributed by atoms with Crippen LogP contribution < -0.4 is 0 Å². The van der Waals surface area contributed by atoms with Crippen LogP contribution in [0.15, 0.2) is 24.5 Å². The van der Waals surface area contributed by atoms with Gasteiger partial charge in [-0.3, -0.25) is 4.79 Å². The third-order valence-electron chi connectivity index (χ3n) is 3.00. The van der Waals surface area contributed by atoms with Crippen molar-refractivity contribution in [2.75, 3.05) is 0 Å². The number of carbonyl (C=O) groups is 1. The van der Waals surface area contributed by atoms with E-state index >= 15 is 0 Å². The van der Waals surface area contributed by atoms with Crippen LogP contribution in [0.25, 0.3) is 5.69 Å². The van der Waals surface area contributed by atoms with Gasteiger partial charge in [0.2, 0.25) is 0 Å². The zero-order chi connectivity index (χ0) is 14.2. The van der Waals surface area contributed by atoms with E-state index in [4.69, 9.17) is 0 Å². The molecule has 0 aliphatic carbocycles. The van der Waals surface area contributed by atoms with E-state index in [2.05, 4.69) is 4.98 Å². The molecule has 3 nitrogen and oxygen atoms in total. The molecule has 0 aliphatic rings. The summed E-state index contributed by atoms with van der Waals surface area (Å²) in [4.78, 5) is 14.7. The molecule has 2 rings (SSSR count). The molecule has 0 saturated heterocycles. The van der Waals surface area contributed by atoms with E-state index in [0.29, 0.717) is 5.69 Å². The Labute approximate surface area is 107 Å². The Kier molecular flexibility index (Phi) is 3.18. The van der Waals surface area contributed by atoms with Gasteiger partial charge in [-0.1, -0.05) is 0 Å². The zero-order valence-electron chi connectivity index (χ0n) is 10.3. The van der Waals surface area contributed by atoms with Gasteiger partial charge in [0.1, 0.15) is 0 Å². The molecule has 0 bridgehead atoms. The highest BCUT2D eigenvalue weighted by molar-refractivity contribution is 5.78. The van der Waals surface area contributed by atoms with Crippen molar-refractivity contribution in [2.45, 2.75) is 20.0 Å². The second kappa shape index (κ2) is 4.53. The number of hydrogen-bond donors (Lipinski definition) is 0. The van der Waals surface area contributed by atoms with Crippen LogP contribution in [0.1, 0.15) is 27.3 Å². The van der Waals surface area contributed by atoms with Gasteiger partial charge in [0.25, 0.3) is 0 Å². The second-order valence-corrected chi connectivity index (χ2v) is 4.17. The van der Waals surface area contributed by atoms with E-state index in [1.807, 2.05) is 0 Å². The third-order valence-corrected chi connectivity index (χ3v) is 3.00. The Hall–Kier alpha value is -2.11. The zero-order valence-corrected chi connectivity index (χ0v) is 10.3. The average molecular weight is 268 g/mol. The summed E-state index contributed by atoms with van der Waals surface area (Å²) >= 11 is 0. The van der Waals surface area contributed by atoms with Crippen molar-refractivity contribution < 1.29 is 18.0 Å². The van der Waals surface area contributed by atoms with Gasteiger partial charge in [0, 0.05) is 16.9 Å². The molecule has 0 unspecified atom stereocenters. The van der Waals surface area contributed by atoms with Gasteiger partial charge in [-0.25, -0.2) is 4.98 Å². The van der Waals surface area contributed by atoms with Gasteiger partial charge in [-0.2, -0.15) is 13.2 Å². The van der Waals surface area contributed by atoms with Crippen LogP contribution in [-0.2, 0) is 6.18 Å². The van der Waals surface area contributed by atoms with Crippen molar-refractivity contribution in [1.29, 1.82) is 0 Å². The van der Waals surface area contributed by atoms with E-state index in [1.165, 1.54) is 18.5 Å². The fraction of sp³-hybridized carbons (Fsp3) is 0.231. The van der Waals surface area contributed by atoms with Crippen LogP contribution in [0.3, 0.4) is 0 Å². The highest BCUT2D eigenvalue weighted by Gasteiger charge is 2.33. The smallest absolute Gasteiger partial charge is 0.303 e. The van der Waals surface area contributed by atoms with E-state index in [9.17, 15) is 18.0 Å². The van der Waals surface area contributed by atoms with Crippen LogP contribution in [0.5, 0.6) is 0 Å². The summed E-state index contributed by atoms with van der Waals surface area (Å²) in [6.45, 7) is 3.54. The first-order valence-corrected chi connectivity index (χ1v) is 5.52. The normalized spacial score (nSPS) is 11.6. The monoisotopic (exact) mass is 268 g/mol. The Morgan fingerprint density at radius 2 is 1.95 bits per heavy atom. The van der Waals surface area contributed by atoms with Crippen molar-refractivity contribution >= 4 is 6.29 Å². The number of aryl methyl sites for hydroxylation is 1. The van der Waals surface area contributed by atoms with Crippen molar-refractivity contribution in [3.05, 3.63) is 47.0 Å². The third kappa shape index (κ3) is 2.38. The van der Waals surface area contributed by atoms with E-state index < -0.39 is 11.7 Å². The minimum Gasteiger partial charge on any atom is -0.303 e. The minimum atomic E-state index is -4.56. The Morgan fingerprint density at radius 3 is 2.42 bits per heavy atom. The highest BCUT2D eigenvalue weighted by Crippen LogP contribution is 2.33. The van der Waals surface area contributed by atoms with E-state index in [1.54, 1.807) is 18.4 Å². The largest absolute Gasteiger partial charge is 0.417 e. The van der Waals surface area contributed by atoms with Crippen molar-refractivity contribution in [2.24, 2.45) is 0 Å². The maximum atomic E-state index is 12.9. The number of benzene rings is 1. The summed E-state index contributed by atoms with van der Waals surface area (Å²) in [5.74, 6) is 0. The lowest BCUT2D eigenvalue weighted by molar-refractivity contribution is -0.137. The number of hydrogen-bond acceptors (Lipinski definition) is 2. The quantitative estimate of drug-likeness (QED) is 0.783. The Morgan fingerprint density at radius 1 is 1.26 bits per heavy atom. The molecule has 2 aromatic rings. The molecule has 100 valence electrons. The molecule has 0 atom stereocenters. The fourth-order valence-electron chi connectivity index (χ4n) is 1.80. The van der Waals surface area contributed by atoms with Crippen molar-refractivity contribution in [1.82, 2.24) is 9.55 Å². The lowest BCUT2D eigenvalue weighted by atomic mass is 10.1. The first-order chi connectivity index (χ1) is 8.84. The first-order valence-electron chi connectivity index (χ1n) is 5.52. The SMILES string of the molecule is Cc1ncn(-c2ccc(C=O)c(C(F)(F)F)c2)c1C. The number of imidazole rings is 1. The number of carbonyl (C=O) groups excluding carboxylic acids is 1. The van der Waals surface area contributed by atoms with Gasteiger partial charge in [-0.15, -0.1) is 0 Å². The van der Waals surface area contributed by atoms with Gasteiger partial charge in [0.05, 0.1) is 17.6 Å². The topological polar surface area (TPSA) is 34.9 Å².